The SMILES string of the molecule is N#CC1CSCN1C(=O)CNC(=O)c1ccnc2ccc(N3CCC4(CC3)COC4)cc12. The van der Waals surface area contributed by atoms with E-state index in [4.69, 9.17) is 4.74 Å². The third-order valence-corrected chi connectivity index (χ3v) is 7.74. The Bertz CT molecular complexity index is 1090. The number of hydrogen-bond acceptors (Lipinski definition) is 7. The molecule has 3 saturated heterocycles. The van der Waals surface area contributed by atoms with Crippen molar-refractivity contribution < 1.29 is 14.3 Å². The molecule has 0 radical (unpaired) electrons. The number of anilines is 1. The maximum absolute atomic E-state index is 12.9. The van der Waals surface area contributed by atoms with Gasteiger partial charge in [0.2, 0.25) is 5.91 Å². The molecule has 0 saturated carbocycles. The average Bonchev–Trinajstić information content (AvgIpc) is 3.30. The number of rotatable bonds is 4. The van der Waals surface area contributed by atoms with E-state index in [1.54, 1.807) is 24.0 Å². The monoisotopic (exact) mass is 451 g/mol. The van der Waals surface area contributed by atoms with Crippen molar-refractivity contribution in [2.45, 2.75) is 18.9 Å². The fourth-order valence-electron chi connectivity index (χ4n) is 4.60. The number of carbonyl (C=O) groups excluding carboxylic acids is 2. The Morgan fingerprint density at radius 1 is 1.28 bits per heavy atom. The summed E-state index contributed by atoms with van der Waals surface area (Å²) >= 11 is 1.55. The van der Waals surface area contributed by atoms with Gasteiger partial charge in [-0.25, -0.2) is 0 Å². The molecule has 1 unspecified atom stereocenters. The lowest BCUT2D eigenvalue weighted by molar-refractivity contribution is -0.129. The smallest absolute Gasteiger partial charge is 0.252 e. The largest absolute Gasteiger partial charge is 0.380 e. The number of nitrogens with one attached hydrogen (secondary N) is 1. The third-order valence-electron chi connectivity index (χ3n) is 6.73. The van der Waals surface area contributed by atoms with E-state index >= 15 is 0 Å². The number of carbonyl (C=O) groups is 2. The fraction of sp³-hybridized carbons (Fsp3) is 0.478. The lowest BCUT2D eigenvalue weighted by atomic mass is 9.77. The summed E-state index contributed by atoms with van der Waals surface area (Å²) < 4.78 is 5.43. The van der Waals surface area contributed by atoms with E-state index < -0.39 is 6.04 Å². The van der Waals surface area contributed by atoms with Crippen LogP contribution in [0.2, 0.25) is 0 Å². The topological polar surface area (TPSA) is 98.6 Å². The van der Waals surface area contributed by atoms with Crippen LogP contribution in [0.1, 0.15) is 23.2 Å². The Hall–Kier alpha value is -2.83. The Morgan fingerprint density at radius 3 is 2.81 bits per heavy atom. The van der Waals surface area contributed by atoms with Gasteiger partial charge in [0, 0.05) is 41.5 Å². The molecular weight excluding hydrogens is 426 g/mol. The average molecular weight is 452 g/mol. The predicted octanol–water partition coefficient (Wildman–Crippen LogP) is 2.01. The zero-order valence-electron chi connectivity index (χ0n) is 17.7. The van der Waals surface area contributed by atoms with E-state index in [9.17, 15) is 14.9 Å². The summed E-state index contributed by atoms with van der Waals surface area (Å²) in [5, 5.41) is 12.7. The highest BCUT2D eigenvalue weighted by molar-refractivity contribution is 7.99. The molecule has 1 atom stereocenters. The third kappa shape index (κ3) is 3.89. The Balaban J connectivity index is 1.30. The van der Waals surface area contributed by atoms with E-state index in [1.165, 1.54) is 4.90 Å². The molecule has 1 aromatic heterocycles. The van der Waals surface area contributed by atoms with Crippen molar-refractivity contribution in [3.05, 3.63) is 36.0 Å². The molecule has 2 aromatic rings. The second kappa shape index (κ2) is 8.60. The first-order valence-electron chi connectivity index (χ1n) is 10.9. The molecule has 3 aliphatic rings. The van der Waals surface area contributed by atoms with E-state index in [1.807, 2.05) is 12.1 Å². The molecule has 5 rings (SSSR count). The summed E-state index contributed by atoms with van der Waals surface area (Å²) in [6.45, 7) is 3.56. The van der Waals surface area contributed by atoms with Gasteiger partial charge in [0.15, 0.2) is 0 Å². The molecule has 3 fully saturated rings. The first-order chi connectivity index (χ1) is 15.6. The van der Waals surface area contributed by atoms with Gasteiger partial charge in [-0.05, 0) is 37.1 Å². The Kier molecular flexibility index (Phi) is 5.66. The van der Waals surface area contributed by atoms with Crippen LogP contribution in [0.5, 0.6) is 0 Å². The summed E-state index contributed by atoms with van der Waals surface area (Å²) in [6, 6.07) is 9.43. The summed E-state index contributed by atoms with van der Waals surface area (Å²) in [5.74, 6) is 0.541. The summed E-state index contributed by atoms with van der Waals surface area (Å²) in [7, 11) is 0. The van der Waals surface area contributed by atoms with Crippen molar-refractivity contribution >= 4 is 40.2 Å². The quantitative estimate of drug-likeness (QED) is 0.759. The van der Waals surface area contributed by atoms with Gasteiger partial charge in [0.25, 0.3) is 5.91 Å². The van der Waals surface area contributed by atoms with Crippen LogP contribution in [0.25, 0.3) is 10.9 Å². The number of hydrogen-bond donors (Lipinski definition) is 1. The van der Waals surface area contributed by atoms with Gasteiger partial charge < -0.3 is 19.9 Å². The number of amides is 2. The van der Waals surface area contributed by atoms with Crippen molar-refractivity contribution in [1.82, 2.24) is 15.2 Å². The van der Waals surface area contributed by atoms with Crippen LogP contribution in [0.3, 0.4) is 0 Å². The van der Waals surface area contributed by atoms with Gasteiger partial charge in [0.05, 0.1) is 42.8 Å². The van der Waals surface area contributed by atoms with E-state index in [2.05, 4.69) is 27.3 Å². The van der Waals surface area contributed by atoms with Crippen LogP contribution in [-0.4, -0.2) is 72.2 Å². The molecule has 1 aromatic carbocycles. The number of piperidine rings is 1. The van der Waals surface area contributed by atoms with Gasteiger partial charge in [-0.2, -0.15) is 5.26 Å². The van der Waals surface area contributed by atoms with Crippen LogP contribution < -0.4 is 10.2 Å². The number of nitriles is 1. The van der Waals surface area contributed by atoms with E-state index in [0.29, 0.717) is 22.6 Å². The van der Waals surface area contributed by atoms with Crippen molar-refractivity contribution in [3.8, 4) is 6.07 Å². The number of pyridine rings is 1. The molecule has 3 aliphatic heterocycles. The molecular formula is C23H25N5O3S. The summed E-state index contributed by atoms with van der Waals surface area (Å²) in [4.78, 5) is 33.7. The molecule has 0 bridgehead atoms. The number of thioether (sulfide) groups is 1. The molecule has 0 aliphatic carbocycles. The van der Waals surface area contributed by atoms with E-state index in [-0.39, 0.29) is 18.4 Å². The molecule has 2 amide bonds. The summed E-state index contributed by atoms with van der Waals surface area (Å²) in [5.41, 5.74) is 2.69. The molecule has 32 heavy (non-hydrogen) atoms. The minimum atomic E-state index is -0.427. The molecule has 1 N–H and O–H groups in total. The molecule has 4 heterocycles. The maximum atomic E-state index is 12.9. The van der Waals surface area contributed by atoms with Crippen LogP contribution in [0.4, 0.5) is 5.69 Å². The maximum Gasteiger partial charge on any atom is 0.252 e. The fourth-order valence-corrected chi connectivity index (χ4v) is 5.70. The Labute approximate surface area is 190 Å². The van der Waals surface area contributed by atoms with Gasteiger partial charge >= 0.3 is 0 Å². The van der Waals surface area contributed by atoms with Gasteiger partial charge in [-0.15, -0.1) is 11.8 Å². The normalized spacial score (nSPS) is 21.9. The lowest BCUT2D eigenvalue weighted by Crippen LogP contribution is -2.50. The van der Waals surface area contributed by atoms with Crippen LogP contribution in [-0.2, 0) is 9.53 Å². The minimum absolute atomic E-state index is 0.128. The number of aromatic nitrogens is 1. The molecule has 9 heteroatoms. The van der Waals surface area contributed by atoms with Crippen molar-refractivity contribution in [3.63, 3.8) is 0 Å². The van der Waals surface area contributed by atoms with E-state index in [0.717, 1.165) is 55.7 Å². The minimum Gasteiger partial charge on any atom is -0.380 e. The highest BCUT2D eigenvalue weighted by Crippen LogP contribution is 2.39. The van der Waals surface area contributed by atoms with Gasteiger partial charge in [0.1, 0.15) is 6.04 Å². The molecule has 166 valence electrons. The number of ether oxygens (including phenoxy) is 1. The highest BCUT2D eigenvalue weighted by atomic mass is 32.2. The van der Waals surface area contributed by atoms with Crippen molar-refractivity contribution in [2.24, 2.45) is 5.41 Å². The first-order valence-corrected chi connectivity index (χ1v) is 12.0. The molecule has 1 spiro atoms. The second-order valence-electron chi connectivity index (χ2n) is 8.73. The van der Waals surface area contributed by atoms with Crippen LogP contribution in [0.15, 0.2) is 30.5 Å². The van der Waals surface area contributed by atoms with Gasteiger partial charge in [-0.1, -0.05) is 0 Å². The zero-order valence-corrected chi connectivity index (χ0v) is 18.6. The standard InChI is InChI=1S/C23H25N5O3S/c24-10-17-12-32-15-28(17)21(29)11-26-22(30)18-3-6-25-20-2-1-16(9-19(18)20)27-7-4-23(5-8-27)13-31-14-23/h1-3,6,9,17H,4-5,7-8,11-15H2,(H,26,30). The number of benzene rings is 1. The highest BCUT2D eigenvalue weighted by Gasteiger charge is 2.41. The first kappa shape index (κ1) is 21.0. The van der Waals surface area contributed by atoms with Crippen LogP contribution >= 0.6 is 11.8 Å². The number of nitrogens with zero attached hydrogens (tertiary/aromatic N) is 4. The lowest BCUT2D eigenvalue weighted by Gasteiger charge is -2.47. The van der Waals surface area contributed by atoms with Gasteiger partial charge in [-0.3, -0.25) is 14.6 Å². The zero-order chi connectivity index (χ0) is 22.1. The van der Waals surface area contributed by atoms with Crippen molar-refractivity contribution in [1.29, 1.82) is 5.26 Å². The van der Waals surface area contributed by atoms with Crippen molar-refractivity contribution in [2.75, 3.05) is 49.4 Å². The van der Waals surface area contributed by atoms with Crippen LogP contribution in [0, 0.1) is 16.7 Å². The number of fused-ring (bicyclic) bond motifs is 1. The second-order valence-corrected chi connectivity index (χ2v) is 9.73. The summed E-state index contributed by atoms with van der Waals surface area (Å²) in [6.07, 6.45) is 3.85. The predicted molar refractivity (Wildman–Crippen MR) is 122 cm³/mol. The molecule has 8 nitrogen and oxygen atoms in total. The Morgan fingerprint density at radius 2 is 2.09 bits per heavy atom.